The minimum Gasteiger partial charge on any atom is -0.392 e. The Morgan fingerprint density at radius 3 is 2.55 bits per heavy atom. The SMILES string of the molecule is O=S(=O)(NC1CN2CCC1CC2)c1ccccc1CO. The van der Waals surface area contributed by atoms with E-state index >= 15 is 0 Å². The van der Waals surface area contributed by atoms with Crippen LogP contribution in [0.4, 0.5) is 0 Å². The van der Waals surface area contributed by atoms with Crippen LogP contribution in [0.3, 0.4) is 0 Å². The zero-order chi connectivity index (χ0) is 14.2. The van der Waals surface area contributed by atoms with Crippen molar-refractivity contribution in [1.82, 2.24) is 9.62 Å². The highest BCUT2D eigenvalue weighted by Crippen LogP contribution is 2.28. The molecule has 2 bridgehead atoms. The minimum atomic E-state index is -3.56. The van der Waals surface area contributed by atoms with Gasteiger partial charge in [0.2, 0.25) is 10.0 Å². The van der Waals surface area contributed by atoms with E-state index < -0.39 is 10.0 Å². The first-order valence-corrected chi connectivity index (χ1v) is 8.52. The highest BCUT2D eigenvalue weighted by Gasteiger charge is 2.36. The first-order chi connectivity index (χ1) is 9.60. The van der Waals surface area contributed by atoms with E-state index in [1.807, 2.05) is 0 Å². The molecule has 3 aliphatic rings. The van der Waals surface area contributed by atoms with Gasteiger partial charge in [-0.3, -0.25) is 0 Å². The summed E-state index contributed by atoms with van der Waals surface area (Å²) in [6.07, 6.45) is 2.13. The molecular weight excluding hydrogens is 276 g/mol. The molecule has 0 spiro atoms. The molecule has 0 saturated carbocycles. The van der Waals surface area contributed by atoms with E-state index in [0.717, 1.165) is 32.5 Å². The lowest BCUT2D eigenvalue weighted by molar-refractivity contribution is 0.0827. The van der Waals surface area contributed by atoms with Gasteiger partial charge in [0.05, 0.1) is 11.5 Å². The van der Waals surface area contributed by atoms with E-state index in [1.54, 1.807) is 24.3 Å². The normalized spacial score (nSPS) is 29.6. The van der Waals surface area contributed by atoms with Crippen LogP contribution in [-0.2, 0) is 16.6 Å². The smallest absolute Gasteiger partial charge is 0.241 e. The summed E-state index contributed by atoms with van der Waals surface area (Å²) in [7, 11) is -3.56. The number of hydrogen-bond donors (Lipinski definition) is 2. The summed E-state index contributed by atoms with van der Waals surface area (Å²) in [5.41, 5.74) is 0.446. The maximum absolute atomic E-state index is 12.5. The summed E-state index contributed by atoms with van der Waals surface area (Å²) in [5, 5.41) is 9.29. The molecule has 1 atom stereocenters. The number of sulfonamides is 1. The predicted octanol–water partition coefficient (Wildman–Crippen LogP) is 0.551. The van der Waals surface area contributed by atoms with Gasteiger partial charge in [-0.15, -0.1) is 0 Å². The average molecular weight is 296 g/mol. The van der Waals surface area contributed by atoms with Crippen LogP contribution >= 0.6 is 0 Å². The third-order valence-electron chi connectivity index (χ3n) is 4.40. The Labute approximate surface area is 119 Å². The summed E-state index contributed by atoms with van der Waals surface area (Å²) in [6, 6.07) is 6.61. The van der Waals surface area contributed by atoms with Crippen molar-refractivity contribution < 1.29 is 13.5 Å². The average Bonchev–Trinajstić information content (AvgIpc) is 2.48. The molecule has 1 aromatic carbocycles. The van der Waals surface area contributed by atoms with Crippen molar-refractivity contribution in [3.63, 3.8) is 0 Å². The van der Waals surface area contributed by atoms with Crippen LogP contribution in [0.1, 0.15) is 18.4 Å². The Hall–Kier alpha value is -0.950. The Morgan fingerprint density at radius 1 is 1.25 bits per heavy atom. The van der Waals surface area contributed by atoms with Crippen LogP contribution in [0.15, 0.2) is 29.2 Å². The lowest BCUT2D eigenvalue weighted by Gasteiger charge is -2.44. The molecule has 3 fully saturated rings. The fourth-order valence-electron chi connectivity index (χ4n) is 3.26. The van der Waals surface area contributed by atoms with Gasteiger partial charge in [-0.1, -0.05) is 18.2 Å². The van der Waals surface area contributed by atoms with Gasteiger partial charge in [0.15, 0.2) is 0 Å². The monoisotopic (exact) mass is 296 g/mol. The quantitative estimate of drug-likeness (QED) is 0.851. The fraction of sp³-hybridized carbons (Fsp3) is 0.571. The third kappa shape index (κ3) is 2.61. The highest BCUT2D eigenvalue weighted by atomic mass is 32.2. The van der Waals surface area contributed by atoms with Crippen molar-refractivity contribution in [2.24, 2.45) is 5.92 Å². The van der Waals surface area contributed by atoms with Crippen LogP contribution in [0.25, 0.3) is 0 Å². The number of aliphatic hydroxyl groups is 1. The largest absolute Gasteiger partial charge is 0.392 e. The standard InChI is InChI=1S/C14H20N2O3S/c17-10-12-3-1-2-4-14(12)20(18,19)15-13-9-16-7-5-11(13)6-8-16/h1-4,11,13,15,17H,5-10H2. The number of benzene rings is 1. The topological polar surface area (TPSA) is 69.6 Å². The molecule has 2 N–H and O–H groups in total. The number of nitrogens with one attached hydrogen (secondary N) is 1. The molecule has 3 aliphatic heterocycles. The zero-order valence-electron chi connectivity index (χ0n) is 11.3. The van der Waals surface area contributed by atoms with E-state index in [2.05, 4.69) is 9.62 Å². The van der Waals surface area contributed by atoms with E-state index in [-0.39, 0.29) is 17.5 Å². The molecule has 3 heterocycles. The van der Waals surface area contributed by atoms with Gasteiger partial charge in [-0.05, 0) is 43.5 Å². The molecule has 0 aromatic heterocycles. The lowest BCUT2D eigenvalue weighted by Crippen LogP contribution is -2.57. The lowest BCUT2D eigenvalue weighted by atomic mass is 9.85. The number of rotatable bonds is 4. The maximum Gasteiger partial charge on any atom is 0.241 e. The van der Waals surface area contributed by atoms with Gasteiger partial charge < -0.3 is 10.0 Å². The molecule has 0 radical (unpaired) electrons. The van der Waals surface area contributed by atoms with Crippen molar-refractivity contribution in [1.29, 1.82) is 0 Å². The number of piperidine rings is 3. The third-order valence-corrected chi connectivity index (χ3v) is 5.99. The van der Waals surface area contributed by atoms with Crippen LogP contribution in [-0.4, -0.2) is 44.1 Å². The summed E-state index contributed by atoms with van der Waals surface area (Å²) < 4.78 is 27.9. The number of hydrogen-bond acceptors (Lipinski definition) is 4. The minimum absolute atomic E-state index is 0.00533. The Balaban J connectivity index is 1.82. The zero-order valence-corrected chi connectivity index (χ0v) is 12.1. The molecule has 5 nitrogen and oxygen atoms in total. The van der Waals surface area contributed by atoms with Gasteiger partial charge in [0.25, 0.3) is 0 Å². The summed E-state index contributed by atoms with van der Waals surface area (Å²) in [6.45, 7) is 2.69. The second-order valence-electron chi connectivity index (χ2n) is 5.63. The van der Waals surface area contributed by atoms with Gasteiger partial charge in [-0.25, -0.2) is 13.1 Å². The molecule has 6 heteroatoms. The molecular formula is C14H20N2O3S. The van der Waals surface area contributed by atoms with E-state index in [9.17, 15) is 13.5 Å². The number of aliphatic hydroxyl groups excluding tert-OH is 1. The van der Waals surface area contributed by atoms with Gasteiger partial charge in [0, 0.05) is 12.6 Å². The Kier molecular flexibility index (Phi) is 3.81. The van der Waals surface area contributed by atoms with E-state index in [0.29, 0.717) is 11.5 Å². The molecule has 0 aliphatic carbocycles. The number of fused-ring (bicyclic) bond motifs is 3. The van der Waals surface area contributed by atoms with Gasteiger partial charge in [0.1, 0.15) is 0 Å². The molecule has 0 amide bonds. The molecule has 4 rings (SSSR count). The second kappa shape index (κ2) is 5.44. The van der Waals surface area contributed by atoms with E-state index in [4.69, 9.17) is 0 Å². The van der Waals surface area contributed by atoms with Crippen LogP contribution < -0.4 is 4.72 Å². The fourth-order valence-corrected chi connectivity index (χ4v) is 4.79. The Morgan fingerprint density at radius 2 is 1.95 bits per heavy atom. The predicted molar refractivity (Wildman–Crippen MR) is 75.6 cm³/mol. The van der Waals surface area contributed by atoms with E-state index in [1.165, 1.54) is 0 Å². The van der Waals surface area contributed by atoms with Crippen LogP contribution in [0.2, 0.25) is 0 Å². The molecule has 20 heavy (non-hydrogen) atoms. The van der Waals surface area contributed by atoms with Crippen molar-refractivity contribution in [3.05, 3.63) is 29.8 Å². The van der Waals surface area contributed by atoms with Gasteiger partial charge >= 0.3 is 0 Å². The second-order valence-corrected chi connectivity index (χ2v) is 7.31. The maximum atomic E-state index is 12.5. The molecule has 1 aromatic rings. The molecule has 110 valence electrons. The summed E-state index contributed by atoms with van der Waals surface area (Å²) in [5.74, 6) is 0.441. The van der Waals surface area contributed by atoms with Gasteiger partial charge in [-0.2, -0.15) is 0 Å². The van der Waals surface area contributed by atoms with Crippen LogP contribution in [0, 0.1) is 5.92 Å². The first kappa shape index (κ1) is 14.0. The van der Waals surface area contributed by atoms with Crippen LogP contribution in [0.5, 0.6) is 0 Å². The van der Waals surface area contributed by atoms with Crippen molar-refractivity contribution >= 4 is 10.0 Å². The molecule has 3 saturated heterocycles. The summed E-state index contributed by atoms with van der Waals surface area (Å²) in [4.78, 5) is 2.50. The number of nitrogens with zero attached hydrogens (tertiary/aromatic N) is 1. The molecule has 1 unspecified atom stereocenters. The summed E-state index contributed by atoms with van der Waals surface area (Å²) >= 11 is 0. The first-order valence-electron chi connectivity index (χ1n) is 7.03. The van der Waals surface area contributed by atoms with Crippen molar-refractivity contribution in [2.45, 2.75) is 30.4 Å². The van der Waals surface area contributed by atoms with Crippen molar-refractivity contribution in [3.8, 4) is 0 Å². The highest BCUT2D eigenvalue weighted by molar-refractivity contribution is 7.89. The van der Waals surface area contributed by atoms with Crippen molar-refractivity contribution in [2.75, 3.05) is 19.6 Å². The Bertz CT molecular complexity index is 580.